The van der Waals surface area contributed by atoms with Gasteiger partial charge in [-0.3, -0.25) is 19.1 Å². The van der Waals surface area contributed by atoms with Gasteiger partial charge in [-0.05, 0) is 42.7 Å². The van der Waals surface area contributed by atoms with Crippen molar-refractivity contribution in [3.05, 3.63) is 101 Å². The summed E-state index contributed by atoms with van der Waals surface area (Å²) in [7, 11) is 1.77. The van der Waals surface area contributed by atoms with Crippen LogP contribution in [0.1, 0.15) is 24.4 Å². The lowest BCUT2D eigenvalue weighted by molar-refractivity contribution is 0.0831. The maximum atomic E-state index is 13.6. The second-order valence-electron chi connectivity index (χ2n) is 10.4. The number of rotatable bonds is 4. The highest BCUT2D eigenvalue weighted by Crippen LogP contribution is 2.31. The molecule has 0 N–H and O–H groups in total. The Balaban J connectivity index is 1.20. The van der Waals surface area contributed by atoms with E-state index >= 15 is 0 Å². The molecule has 1 fully saturated rings. The molecule has 5 heterocycles. The van der Waals surface area contributed by atoms with Crippen molar-refractivity contribution in [2.75, 3.05) is 13.1 Å². The first-order chi connectivity index (χ1) is 20.1. The first-order valence-electron chi connectivity index (χ1n) is 13.7. The highest BCUT2D eigenvalue weighted by molar-refractivity contribution is 6.00. The van der Waals surface area contributed by atoms with Crippen molar-refractivity contribution in [2.24, 2.45) is 7.05 Å². The third-order valence-corrected chi connectivity index (χ3v) is 7.94. The number of hydrogen-bond donors (Lipinski definition) is 0. The van der Waals surface area contributed by atoms with Crippen LogP contribution in [-0.4, -0.2) is 48.2 Å². The molecule has 1 aliphatic heterocycles. The van der Waals surface area contributed by atoms with Gasteiger partial charge < -0.3 is 9.64 Å². The van der Waals surface area contributed by atoms with Crippen LogP contribution < -0.4 is 5.69 Å². The van der Waals surface area contributed by atoms with Crippen LogP contribution in [0.15, 0.2) is 90.0 Å². The second kappa shape index (κ2) is 10.2. The van der Waals surface area contributed by atoms with E-state index in [2.05, 4.69) is 16.0 Å². The van der Waals surface area contributed by atoms with Crippen LogP contribution in [0, 0.1) is 0 Å². The number of fused-ring (bicyclic) bond motifs is 4. The number of hydrogen-bond acceptors (Lipinski definition) is 6. The predicted molar refractivity (Wildman–Crippen MR) is 157 cm³/mol. The number of amides is 1. The molecule has 7 rings (SSSR count). The van der Waals surface area contributed by atoms with E-state index in [1.807, 2.05) is 77.5 Å². The van der Waals surface area contributed by atoms with Crippen LogP contribution in [0.25, 0.3) is 44.2 Å². The number of aryl methyl sites for hydroxylation is 1. The lowest BCUT2D eigenvalue weighted by Crippen LogP contribution is -2.41. The Labute approximate surface area is 235 Å². The Hall–Kier alpha value is -5.05. The third kappa shape index (κ3) is 4.49. The van der Waals surface area contributed by atoms with Crippen molar-refractivity contribution in [1.29, 1.82) is 0 Å². The summed E-state index contributed by atoms with van der Waals surface area (Å²) >= 11 is 0. The summed E-state index contributed by atoms with van der Waals surface area (Å²) in [6.07, 6.45) is 4.51. The van der Waals surface area contributed by atoms with Gasteiger partial charge in [0.2, 0.25) is 0 Å². The van der Waals surface area contributed by atoms with Crippen LogP contribution in [-0.2, 0) is 18.4 Å². The zero-order valence-corrected chi connectivity index (χ0v) is 22.6. The van der Waals surface area contributed by atoms with Gasteiger partial charge in [-0.1, -0.05) is 48.5 Å². The fourth-order valence-corrected chi connectivity index (χ4v) is 5.71. The minimum atomic E-state index is -0.331. The van der Waals surface area contributed by atoms with E-state index in [1.165, 1.54) is 0 Å². The second-order valence-corrected chi connectivity index (χ2v) is 10.4. The Morgan fingerprint density at radius 3 is 2.51 bits per heavy atom. The SMILES string of the molecule is Cn1c(=O)n(C2CCN(C(=O)OCc3ccccc3)CC2)c2c3nc(-c4cnc5ccccc5c4)ccc3ncc21. The Morgan fingerprint density at radius 1 is 0.927 bits per heavy atom. The lowest BCUT2D eigenvalue weighted by atomic mass is 10.0. The highest BCUT2D eigenvalue weighted by Gasteiger charge is 2.29. The summed E-state index contributed by atoms with van der Waals surface area (Å²) in [5, 5.41) is 1.04. The molecular weight excluding hydrogens is 516 g/mol. The highest BCUT2D eigenvalue weighted by atomic mass is 16.6. The van der Waals surface area contributed by atoms with Crippen LogP contribution in [0.3, 0.4) is 0 Å². The fraction of sp³-hybridized carbons (Fsp3) is 0.219. The van der Waals surface area contributed by atoms with E-state index in [0.29, 0.717) is 31.4 Å². The smallest absolute Gasteiger partial charge is 0.410 e. The summed E-state index contributed by atoms with van der Waals surface area (Å²) in [5.74, 6) is 0. The molecule has 0 radical (unpaired) electrons. The standard InChI is InChI=1S/C32H28N6O3/c1-36-28-19-34-27-12-11-26(23-17-22-9-5-6-10-25(22)33-18-23)35-29(27)30(28)38(31(36)39)24-13-15-37(16-14-24)32(40)41-20-21-7-3-2-4-8-21/h2-12,17-19,24H,13-16,20H2,1H3. The Bertz CT molecular complexity index is 1970. The van der Waals surface area contributed by atoms with Gasteiger partial charge in [0.05, 0.1) is 34.0 Å². The van der Waals surface area contributed by atoms with Crippen molar-refractivity contribution in [3.63, 3.8) is 0 Å². The molecule has 1 aliphatic rings. The summed E-state index contributed by atoms with van der Waals surface area (Å²) in [4.78, 5) is 42.3. The van der Waals surface area contributed by atoms with Gasteiger partial charge >= 0.3 is 11.8 Å². The average molecular weight is 545 g/mol. The van der Waals surface area contributed by atoms with Crippen molar-refractivity contribution >= 4 is 39.1 Å². The molecule has 0 atom stereocenters. The number of carbonyl (C=O) groups is 1. The van der Waals surface area contributed by atoms with E-state index in [1.54, 1.807) is 22.7 Å². The van der Waals surface area contributed by atoms with Crippen LogP contribution in [0.5, 0.6) is 0 Å². The van der Waals surface area contributed by atoms with Crippen molar-refractivity contribution in [1.82, 2.24) is 29.0 Å². The quantitative estimate of drug-likeness (QED) is 0.292. The van der Waals surface area contributed by atoms with Gasteiger partial charge in [0.1, 0.15) is 12.1 Å². The zero-order chi connectivity index (χ0) is 27.9. The molecule has 2 aromatic carbocycles. The monoisotopic (exact) mass is 544 g/mol. The first-order valence-corrected chi connectivity index (χ1v) is 13.7. The number of aromatic nitrogens is 5. The molecule has 4 aromatic heterocycles. The van der Waals surface area contributed by atoms with Crippen LogP contribution in [0.2, 0.25) is 0 Å². The minimum Gasteiger partial charge on any atom is -0.445 e. The minimum absolute atomic E-state index is 0.0808. The van der Waals surface area contributed by atoms with Gasteiger partial charge in [0, 0.05) is 43.3 Å². The number of ether oxygens (including phenoxy) is 1. The van der Waals surface area contributed by atoms with Crippen molar-refractivity contribution in [2.45, 2.75) is 25.5 Å². The molecule has 0 aliphatic carbocycles. The predicted octanol–water partition coefficient (Wildman–Crippen LogP) is 5.47. The van der Waals surface area contributed by atoms with Gasteiger partial charge in [-0.2, -0.15) is 0 Å². The summed E-state index contributed by atoms with van der Waals surface area (Å²) in [6.45, 7) is 1.25. The Morgan fingerprint density at radius 2 is 1.68 bits per heavy atom. The molecule has 1 saturated heterocycles. The zero-order valence-electron chi connectivity index (χ0n) is 22.6. The number of carbonyl (C=O) groups excluding carboxylic acids is 1. The molecule has 9 heteroatoms. The molecule has 41 heavy (non-hydrogen) atoms. The Kier molecular flexibility index (Phi) is 6.19. The van der Waals surface area contributed by atoms with Crippen molar-refractivity contribution < 1.29 is 9.53 Å². The number of likely N-dealkylation sites (tertiary alicyclic amines) is 1. The van der Waals surface area contributed by atoms with Gasteiger partial charge in [-0.25, -0.2) is 14.6 Å². The number of pyridine rings is 3. The number of nitrogens with zero attached hydrogens (tertiary/aromatic N) is 6. The molecular formula is C32H28N6O3. The first kappa shape index (κ1) is 25.0. The lowest BCUT2D eigenvalue weighted by Gasteiger charge is -2.32. The topological polar surface area (TPSA) is 95.1 Å². The average Bonchev–Trinajstić information content (AvgIpc) is 3.29. The fourth-order valence-electron chi connectivity index (χ4n) is 5.71. The molecule has 0 spiro atoms. The molecule has 204 valence electrons. The maximum absolute atomic E-state index is 13.6. The number of imidazole rings is 1. The van der Waals surface area contributed by atoms with Crippen molar-refractivity contribution in [3.8, 4) is 11.3 Å². The van der Waals surface area contributed by atoms with E-state index in [4.69, 9.17) is 9.72 Å². The van der Waals surface area contributed by atoms with Crippen LogP contribution in [0.4, 0.5) is 4.79 Å². The van der Waals surface area contributed by atoms with Crippen LogP contribution >= 0.6 is 0 Å². The molecule has 1 amide bonds. The molecule has 0 unspecified atom stereocenters. The van der Waals surface area contributed by atoms with E-state index in [0.717, 1.165) is 44.3 Å². The van der Waals surface area contributed by atoms with E-state index < -0.39 is 0 Å². The maximum Gasteiger partial charge on any atom is 0.410 e. The number of piperidine rings is 1. The molecule has 0 saturated carbocycles. The van der Waals surface area contributed by atoms with E-state index in [-0.39, 0.29) is 24.4 Å². The molecule has 0 bridgehead atoms. The molecule has 9 nitrogen and oxygen atoms in total. The van der Waals surface area contributed by atoms with Gasteiger partial charge in [-0.15, -0.1) is 0 Å². The van der Waals surface area contributed by atoms with E-state index in [9.17, 15) is 9.59 Å². The normalized spacial score (nSPS) is 14.2. The number of para-hydroxylation sites is 1. The molecule has 6 aromatic rings. The third-order valence-electron chi connectivity index (χ3n) is 7.94. The summed E-state index contributed by atoms with van der Waals surface area (Å²) in [5.41, 5.74) is 6.32. The largest absolute Gasteiger partial charge is 0.445 e. The summed E-state index contributed by atoms with van der Waals surface area (Å²) in [6, 6.07) is 23.5. The number of benzene rings is 2. The van der Waals surface area contributed by atoms with Gasteiger partial charge in [0.25, 0.3) is 0 Å². The summed E-state index contributed by atoms with van der Waals surface area (Å²) < 4.78 is 9.02. The van der Waals surface area contributed by atoms with Gasteiger partial charge in [0.15, 0.2) is 0 Å².